The van der Waals surface area contributed by atoms with E-state index in [2.05, 4.69) is 44.8 Å². The van der Waals surface area contributed by atoms with Gasteiger partial charge in [0, 0.05) is 0 Å². The van der Waals surface area contributed by atoms with Crippen molar-refractivity contribution in [2.24, 2.45) is 0 Å². The Morgan fingerprint density at radius 1 is 1.00 bits per heavy atom. The van der Waals surface area contributed by atoms with E-state index in [-0.39, 0.29) is 0 Å². The largest absolute Gasteiger partial charge is 0.448 e. The summed E-state index contributed by atoms with van der Waals surface area (Å²) in [6.45, 7) is 10.8. The molecule has 0 saturated heterocycles. The maximum atomic E-state index is 5.77. The molecule has 0 amide bonds. The predicted octanol–water partition coefficient (Wildman–Crippen LogP) is 2.47. The van der Waals surface area contributed by atoms with Gasteiger partial charge in [-0.15, -0.1) is 0 Å². The van der Waals surface area contributed by atoms with Crippen molar-refractivity contribution in [1.29, 1.82) is 0 Å². The van der Waals surface area contributed by atoms with Gasteiger partial charge >= 0.3 is 0 Å². The lowest BCUT2D eigenvalue weighted by Gasteiger charge is -2.26. The zero-order valence-corrected chi connectivity index (χ0v) is 9.75. The van der Waals surface area contributed by atoms with Crippen molar-refractivity contribution in [2.75, 3.05) is 0 Å². The van der Waals surface area contributed by atoms with Gasteiger partial charge in [-0.25, -0.2) is 0 Å². The first-order valence-corrected chi connectivity index (χ1v) is 10.7. The number of hydrogen-bond donors (Lipinski definition) is 1. The van der Waals surface area contributed by atoms with Gasteiger partial charge < -0.3 is 4.12 Å². The highest BCUT2D eigenvalue weighted by Gasteiger charge is 2.25. The fraction of sp³-hybridized carbons (Fsp3) is 1.00. The quantitative estimate of drug-likeness (QED) is 0.507. The van der Waals surface area contributed by atoms with E-state index < -0.39 is 15.8 Å². The van der Waals surface area contributed by atoms with Crippen LogP contribution in [0.3, 0.4) is 0 Å². The summed E-state index contributed by atoms with van der Waals surface area (Å²) >= 11 is 4.40. The number of thiol groups is 1. The van der Waals surface area contributed by atoms with E-state index in [0.29, 0.717) is 0 Å². The van der Waals surface area contributed by atoms with Gasteiger partial charge in [-0.2, -0.15) is 12.1 Å². The van der Waals surface area contributed by atoms with Gasteiger partial charge in [0.1, 0.15) is 0 Å². The molecule has 0 aliphatic carbocycles. The summed E-state index contributed by atoms with van der Waals surface area (Å²) in [6.07, 6.45) is 0. The van der Waals surface area contributed by atoms with Crippen molar-refractivity contribution in [3.05, 3.63) is 0 Å². The van der Waals surface area contributed by atoms with Crippen LogP contribution in [0.1, 0.15) is 0 Å². The normalized spacial score (nSPS) is 14.0. The van der Waals surface area contributed by atoms with Crippen LogP contribution in [-0.4, -0.2) is 15.8 Å². The molecule has 56 valence electrons. The Bertz CT molecular complexity index is 80.1. The van der Waals surface area contributed by atoms with Gasteiger partial charge in [0.2, 0.25) is 7.47 Å². The summed E-state index contributed by atoms with van der Waals surface area (Å²) in [5.41, 5.74) is 0. The summed E-state index contributed by atoms with van der Waals surface area (Å²) in [5, 5.41) is 0. The van der Waals surface area contributed by atoms with Crippen LogP contribution in [0, 0.1) is 0 Å². The first-order chi connectivity index (χ1) is 3.71. The summed E-state index contributed by atoms with van der Waals surface area (Å²) in [5.74, 6) is 0. The van der Waals surface area contributed by atoms with Gasteiger partial charge in [-0.1, -0.05) is 0 Å². The van der Waals surface area contributed by atoms with Crippen molar-refractivity contribution >= 4 is 27.9 Å². The molecule has 4 heteroatoms. The van der Waals surface area contributed by atoms with E-state index in [1.54, 1.807) is 0 Å². The van der Waals surface area contributed by atoms with E-state index in [9.17, 15) is 0 Å². The molecule has 0 saturated carbocycles. The topological polar surface area (TPSA) is 9.23 Å². The fourth-order valence-electron chi connectivity index (χ4n) is 0.749. The Morgan fingerprint density at radius 2 is 1.33 bits per heavy atom. The third-order valence-corrected chi connectivity index (χ3v) is 5.83. The van der Waals surface area contributed by atoms with Crippen LogP contribution in [0.2, 0.25) is 32.7 Å². The third kappa shape index (κ3) is 8.74. The van der Waals surface area contributed by atoms with Gasteiger partial charge in [0.05, 0.1) is 0 Å². The van der Waals surface area contributed by atoms with Crippen molar-refractivity contribution in [3.63, 3.8) is 0 Å². The maximum Gasteiger partial charge on any atom is 0.234 e. The minimum absolute atomic E-state index is 1.31. The molecule has 0 aromatic heterocycles. The average Bonchev–Trinajstić information content (AvgIpc) is 1.14. The second kappa shape index (κ2) is 2.78. The number of rotatable bonds is 2. The third-order valence-electron chi connectivity index (χ3n) is 0.556. The van der Waals surface area contributed by atoms with Gasteiger partial charge in [-0.05, 0) is 32.7 Å². The summed E-state index contributed by atoms with van der Waals surface area (Å²) < 4.78 is 5.77. The Morgan fingerprint density at radius 3 is 1.33 bits per heavy atom. The Kier molecular flexibility index (Phi) is 3.01. The molecule has 0 aromatic carbocycles. The summed E-state index contributed by atoms with van der Waals surface area (Å²) in [4.78, 5) is 0. The van der Waals surface area contributed by atoms with Gasteiger partial charge in [0.25, 0.3) is 0 Å². The van der Waals surface area contributed by atoms with E-state index >= 15 is 0 Å². The predicted molar refractivity (Wildman–Crippen MR) is 50.9 cm³/mol. The summed E-state index contributed by atoms with van der Waals surface area (Å²) in [6, 6.07) is 0. The lowest BCUT2D eigenvalue weighted by Crippen LogP contribution is -2.38. The van der Waals surface area contributed by atoms with Gasteiger partial charge in [-0.3, -0.25) is 0 Å². The molecule has 0 rings (SSSR count). The van der Waals surface area contributed by atoms with Crippen LogP contribution in [0.4, 0.5) is 0 Å². The van der Waals surface area contributed by atoms with Crippen LogP contribution in [0.15, 0.2) is 0 Å². The maximum absolute atomic E-state index is 5.77. The molecule has 0 spiro atoms. The highest BCUT2D eigenvalue weighted by molar-refractivity contribution is 8.13. The molecule has 1 nitrogen and oxygen atoms in total. The van der Waals surface area contributed by atoms with Crippen LogP contribution in [-0.2, 0) is 4.12 Å². The highest BCUT2D eigenvalue weighted by atomic mass is 32.3. The molecule has 0 unspecified atom stereocenters. The fourth-order valence-corrected chi connectivity index (χ4v) is 9.21. The molecular formula is C5H16OSSi2. The Balaban J connectivity index is 3.75. The molecule has 0 radical (unpaired) electrons. The minimum atomic E-state index is -1.54. The van der Waals surface area contributed by atoms with E-state index in [4.69, 9.17) is 4.12 Å². The average molecular weight is 180 g/mol. The smallest absolute Gasteiger partial charge is 0.234 e. The zero-order valence-electron chi connectivity index (χ0n) is 6.86. The lowest BCUT2D eigenvalue weighted by atomic mass is 11.8. The van der Waals surface area contributed by atoms with Crippen LogP contribution in [0.5, 0.6) is 0 Å². The lowest BCUT2D eigenvalue weighted by molar-refractivity contribution is 0.576. The monoisotopic (exact) mass is 180 g/mol. The first kappa shape index (κ1) is 9.74. The molecule has 0 aromatic rings. The molecule has 0 aliphatic heterocycles. The van der Waals surface area contributed by atoms with E-state index in [1.165, 1.54) is 0 Å². The molecule has 0 N–H and O–H groups in total. The van der Waals surface area contributed by atoms with Crippen LogP contribution in [0.25, 0.3) is 0 Å². The molecule has 0 heterocycles. The second-order valence-corrected chi connectivity index (χ2v) is 14.8. The van der Waals surface area contributed by atoms with Gasteiger partial charge in [0.15, 0.2) is 8.32 Å². The van der Waals surface area contributed by atoms with Crippen molar-refractivity contribution in [3.8, 4) is 0 Å². The molecule has 0 atom stereocenters. The summed E-state index contributed by atoms with van der Waals surface area (Å²) in [7, 11) is -2.84. The van der Waals surface area contributed by atoms with E-state index in [1.807, 2.05) is 0 Å². The molecule has 0 aliphatic rings. The zero-order chi connectivity index (χ0) is 7.71. The minimum Gasteiger partial charge on any atom is -0.448 e. The van der Waals surface area contributed by atoms with Crippen molar-refractivity contribution < 1.29 is 4.12 Å². The van der Waals surface area contributed by atoms with Crippen molar-refractivity contribution in [1.82, 2.24) is 0 Å². The molecule has 0 bridgehead atoms. The van der Waals surface area contributed by atoms with Crippen LogP contribution >= 0.6 is 12.1 Å². The second-order valence-electron chi connectivity index (χ2n) is 3.66. The Hall–Kier alpha value is 0.744. The van der Waals surface area contributed by atoms with Crippen LogP contribution < -0.4 is 0 Å². The highest BCUT2D eigenvalue weighted by Crippen LogP contribution is 2.16. The molecular weight excluding hydrogens is 164 g/mol. The number of hydrogen-bond acceptors (Lipinski definition) is 2. The van der Waals surface area contributed by atoms with E-state index in [0.717, 1.165) is 0 Å². The standard InChI is InChI=1S/C5H16OSSi2/c1-8(2,3)6-9(4,5)7/h7H,1-5H3. The Labute approximate surface area is 65.1 Å². The van der Waals surface area contributed by atoms with Crippen molar-refractivity contribution in [2.45, 2.75) is 32.7 Å². The molecule has 9 heavy (non-hydrogen) atoms. The first-order valence-electron chi connectivity index (χ1n) is 3.13. The molecule has 0 fully saturated rings. The SMILES string of the molecule is C[Si](C)(C)O[Si](C)(C)S.